The molecule has 0 rings (SSSR count). The molecule has 0 spiro atoms. The van der Waals surface area contributed by atoms with E-state index in [-0.39, 0.29) is 18.1 Å². The topological polar surface area (TPSA) is 80.7 Å². The molecular weight excluding hydrogens is 236 g/mol. The molecule has 0 aromatic rings. The van der Waals surface area contributed by atoms with Gasteiger partial charge >= 0.3 is 5.97 Å². The van der Waals surface area contributed by atoms with Crippen molar-refractivity contribution in [3.63, 3.8) is 0 Å². The van der Waals surface area contributed by atoms with Crippen LogP contribution < -0.4 is 0 Å². The van der Waals surface area contributed by atoms with Crippen molar-refractivity contribution < 1.29 is 24.2 Å². The summed E-state index contributed by atoms with van der Waals surface area (Å²) < 4.78 is 5.16. The van der Waals surface area contributed by atoms with Gasteiger partial charge in [-0.05, 0) is 19.3 Å². The minimum atomic E-state index is -0.863. The van der Waals surface area contributed by atoms with Gasteiger partial charge < -0.3 is 14.6 Å². The molecule has 1 N–H and O–H groups in total. The van der Waals surface area contributed by atoms with E-state index in [2.05, 4.69) is 0 Å². The summed E-state index contributed by atoms with van der Waals surface area (Å²) in [6.45, 7) is 2.76. The minimum Gasteiger partial charge on any atom is -0.481 e. The van der Waals surface area contributed by atoms with E-state index >= 15 is 0 Å². The van der Waals surface area contributed by atoms with Crippen molar-refractivity contribution in [1.82, 2.24) is 0 Å². The second-order valence-electron chi connectivity index (χ2n) is 4.18. The summed E-state index contributed by atoms with van der Waals surface area (Å²) in [5.74, 6) is -0.910. The quantitative estimate of drug-likeness (QED) is 0.426. The predicted octanol–water partition coefficient (Wildman–Crippen LogP) is 1.83. The first kappa shape index (κ1) is 16.8. The van der Waals surface area contributed by atoms with E-state index in [0.717, 1.165) is 6.29 Å². The lowest BCUT2D eigenvalue weighted by Crippen LogP contribution is -2.16. The Morgan fingerprint density at radius 1 is 1.28 bits per heavy atom. The van der Waals surface area contributed by atoms with Crippen LogP contribution in [0.3, 0.4) is 0 Å². The van der Waals surface area contributed by atoms with Crippen LogP contribution in [0.4, 0.5) is 0 Å². The van der Waals surface area contributed by atoms with Gasteiger partial charge in [0.1, 0.15) is 12.1 Å². The highest BCUT2D eigenvalue weighted by Gasteiger charge is 2.16. The lowest BCUT2D eigenvalue weighted by Gasteiger charge is -2.12. The molecule has 0 radical (unpaired) electrons. The smallest absolute Gasteiger partial charge is 0.303 e. The molecule has 0 heterocycles. The maximum absolute atomic E-state index is 11.8. The van der Waals surface area contributed by atoms with E-state index in [1.54, 1.807) is 0 Å². The second-order valence-corrected chi connectivity index (χ2v) is 4.18. The number of ether oxygens (including phenoxy) is 1. The molecule has 0 aliphatic heterocycles. The zero-order chi connectivity index (χ0) is 13.8. The van der Waals surface area contributed by atoms with Gasteiger partial charge in [0.15, 0.2) is 0 Å². The van der Waals surface area contributed by atoms with Crippen LogP contribution in [-0.4, -0.2) is 36.4 Å². The van der Waals surface area contributed by atoms with Crippen molar-refractivity contribution in [3.05, 3.63) is 0 Å². The average Bonchev–Trinajstić information content (AvgIpc) is 2.34. The summed E-state index contributed by atoms with van der Waals surface area (Å²) in [5.41, 5.74) is 0. The van der Waals surface area contributed by atoms with Crippen LogP contribution in [0.1, 0.15) is 45.4 Å². The molecule has 0 bridgehead atoms. The number of carboxylic acids is 1. The zero-order valence-electron chi connectivity index (χ0n) is 10.9. The molecule has 1 unspecified atom stereocenters. The van der Waals surface area contributed by atoms with Crippen LogP contribution in [-0.2, 0) is 19.1 Å². The summed E-state index contributed by atoms with van der Waals surface area (Å²) in [6.07, 6.45) is 3.35. The van der Waals surface area contributed by atoms with E-state index in [9.17, 15) is 14.4 Å². The number of aliphatic carboxylic acids is 1. The molecule has 5 heteroatoms. The molecule has 0 aliphatic rings. The van der Waals surface area contributed by atoms with Gasteiger partial charge in [-0.1, -0.05) is 6.92 Å². The number of Topliss-reactive ketones (excluding diaryl/α,β-unsaturated/α-hetero) is 1. The van der Waals surface area contributed by atoms with Crippen LogP contribution in [0.25, 0.3) is 0 Å². The number of aldehydes is 1. The van der Waals surface area contributed by atoms with Crippen molar-refractivity contribution in [2.24, 2.45) is 5.92 Å². The number of ketones is 1. The third kappa shape index (κ3) is 8.87. The number of hydrogen-bond acceptors (Lipinski definition) is 4. The fourth-order valence-electron chi connectivity index (χ4n) is 1.68. The number of hydrogen-bond donors (Lipinski definition) is 1. The highest BCUT2D eigenvalue weighted by molar-refractivity contribution is 5.81. The van der Waals surface area contributed by atoms with Crippen molar-refractivity contribution in [1.29, 1.82) is 0 Å². The molecule has 0 saturated heterocycles. The van der Waals surface area contributed by atoms with E-state index in [0.29, 0.717) is 45.3 Å². The Kier molecular flexibility index (Phi) is 10.2. The van der Waals surface area contributed by atoms with Crippen LogP contribution in [0.2, 0.25) is 0 Å². The van der Waals surface area contributed by atoms with Gasteiger partial charge in [0.2, 0.25) is 0 Å². The Morgan fingerprint density at radius 2 is 2.00 bits per heavy atom. The summed E-state index contributed by atoms with van der Waals surface area (Å²) in [5, 5.41) is 8.58. The first-order valence-electron chi connectivity index (χ1n) is 6.37. The molecule has 5 nitrogen and oxygen atoms in total. The molecule has 104 valence electrons. The molecule has 0 aliphatic carbocycles. The first-order chi connectivity index (χ1) is 8.61. The van der Waals surface area contributed by atoms with Gasteiger partial charge in [-0.25, -0.2) is 0 Å². The lowest BCUT2D eigenvalue weighted by molar-refractivity contribution is -0.137. The number of rotatable bonds is 12. The fourth-order valence-corrected chi connectivity index (χ4v) is 1.68. The fraction of sp³-hybridized carbons (Fsp3) is 0.769. The SMILES string of the molecule is CCC(CCC(=O)O)C(=O)CCCOCCC=O. The Labute approximate surface area is 108 Å². The third-order valence-corrected chi connectivity index (χ3v) is 2.75. The van der Waals surface area contributed by atoms with Gasteiger partial charge in [0, 0.05) is 31.8 Å². The van der Waals surface area contributed by atoms with Crippen LogP contribution in [0.5, 0.6) is 0 Å². The van der Waals surface area contributed by atoms with Crippen molar-refractivity contribution in [3.8, 4) is 0 Å². The minimum absolute atomic E-state index is 0.0417. The molecule has 18 heavy (non-hydrogen) atoms. The average molecular weight is 258 g/mol. The van der Waals surface area contributed by atoms with Gasteiger partial charge in [-0.15, -0.1) is 0 Å². The monoisotopic (exact) mass is 258 g/mol. The summed E-state index contributed by atoms with van der Waals surface area (Å²) in [6, 6.07) is 0. The molecule has 0 saturated carbocycles. The highest BCUT2D eigenvalue weighted by atomic mass is 16.5. The Bertz CT molecular complexity index is 262. The molecule has 0 fully saturated rings. The molecule has 0 aromatic heterocycles. The Hall–Kier alpha value is -1.23. The summed E-state index contributed by atoms with van der Waals surface area (Å²) in [4.78, 5) is 32.2. The Morgan fingerprint density at radius 3 is 2.56 bits per heavy atom. The second kappa shape index (κ2) is 10.9. The highest BCUT2D eigenvalue weighted by Crippen LogP contribution is 2.15. The summed E-state index contributed by atoms with van der Waals surface area (Å²) in [7, 11) is 0. The third-order valence-electron chi connectivity index (χ3n) is 2.75. The number of carbonyl (C=O) groups is 3. The number of carbonyl (C=O) groups excluding carboxylic acids is 2. The standard InChI is InChI=1S/C13H22O5/c1-2-11(6-7-13(16)17)12(15)5-3-9-18-10-4-8-14/h8,11H,2-7,9-10H2,1H3,(H,16,17). The van der Waals surface area contributed by atoms with E-state index in [4.69, 9.17) is 9.84 Å². The van der Waals surface area contributed by atoms with Crippen molar-refractivity contribution in [2.75, 3.05) is 13.2 Å². The van der Waals surface area contributed by atoms with Gasteiger partial charge in [-0.3, -0.25) is 9.59 Å². The van der Waals surface area contributed by atoms with Gasteiger partial charge in [0.05, 0.1) is 6.61 Å². The predicted molar refractivity (Wildman–Crippen MR) is 66.4 cm³/mol. The molecular formula is C13H22O5. The lowest BCUT2D eigenvalue weighted by atomic mass is 9.93. The molecule has 0 amide bonds. The van der Waals surface area contributed by atoms with Gasteiger partial charge in [-0.2, -0.15) is 0 Å². The Balaban J connectivity index is 3.69. The van der Waals surface area contributed by atoms with E-state index in [1.807, 2.05) is 6.92 Å². The van der Waals surface area contributed by atoms with E-state index < -0.39 is 5.97 Å². The maximum Gasteiger partial charge on any atom is 0.303 e. The normalized spacial score (nSPS) is 12.1. The maximum atomic E-state index is 11.8. The van der Waals surface area contributed by atoms with Gasteiger partial charge in [0.25, 0.3) is 0 Å². The molecule has 0 aromatic carbocycles. The van der Waals surface area contributed by atoms with Crippen LogP contribution in [0, 0.1) is 5.92 Å². The summed E-state index contributed by atoms with van der Waals surface area (Å²) >= 11 is 0. The molecule has 1 atom stereocenters. The number of carboxylic acid groups (broad SMARTS) is 1. The zero-order valence-corrected chi connectivity index (χ0v) is 10.9. The van der Waals surface area contributed by atoms with Crippen LogP contribution >= 0.6 is 0 Å². The van der Waals surface area contributed by atoms with E-state index in [1.165, 1.54) is 0 Å². The first-order valence-corrected chi connectivity index (χ1v) is 6.37. The van der Waals surface area contributed by atoms with Crippen LogP contribution in [0.15, 0.2) is 0 Å². The largest absolute Gasteiger partial charge is 0.481 e. The van der Waals surface area contributed by atoms with Crippen molar-refractivity contribution in [2.45, 2.75) is 45.4 Å². The van der Waals surface area contributed by atoms with Crippen molar-refractivity contribution >= 4 is 18.0 Å².